The zero-order valence-corrected chi connectivity index (χ0v) is 11.2. The minimum Gasteiger partial charge on any atom is -0.487 e. The third kappa shape index (κ3) is 2.51. The van der Waals surface area contributed by atoms with Crippen LogP contribution in [0.5, 0.6) is 5.75 Å². The number of benzene rings is 1. The molecule has 0 spiro atoms. The molecule has 0 aliphatic heterocycles. The molecular weight excluding hydrogens is 243 g/mol. The van der Waals surface area contributed by atoms with Crippen LogP contribution in [-0.2, 0) is 0 Å². The van der Waals surface area contributed by atoms with Crippen LogP contribution in [0.1, 0.15) is 49.4 Å². The van der Waals surface area contributed by atoms with Gasteiger partial charge in [0.15, 0.2) is 17.3 Å². The molecule has 2 fully saturated rings. The van der Waals surface area contributed by atoms with E-state index in [2.05, 4.69) is 0 Å². The van der Waals surface area contributed by atoms with Crippen molar-refractivity contribution in [2.45, 2.75) is 45.1 Å². The highest BCUT2D eigenvalue weighted by atomic mass is 19.1. The minimum atomic E-state index is -0.507. The highest BCUT2D eigenvalue weighted by Crippen LogP contribution is 2.43. The highest BCUT2D eigenvalue weighted by Gasteiger charge is 2.35. The Morgan fingerprint density at radius 1 is 1.21 bits per heavy atom. The minimum absolute atomic E-state index is 0.114. The average Bonchev–Trinajstić information content (AvgIpc) is 2.71. The molecule has 2 saturated carbocycles. The number of hydrogen-bond donors (Lipinski definition) is 0. The molecule has 3 rings (SSSR count). The zero-order chi connectivity index (χ0) is 13.4. The van der Waals surface area contributed by atoms with Crippen molar-refractivity contribution in [1.82, 2.24) is 0 Å². The lowest BCUT2D eigenvalue weighted by atomic mass is 9.87. The lowest BCUT2D eigenvalue weighted by molar-refractivity contribution is 0.0998. The van der Waals surface area contributed by atoms with Crippen molar-refractivity contribution in [3.8, 4) is 5.75 Å². The van der Waals surface area contributed by atoms with E-state index in [1.807, 2.05) is 0 Å². The Hall–Kier alpha value is -1.38. The van der Waals surface area contributed by atoms with E-state index >= 15 is 0 Å². The second kappa shape index (κ2) is 4.95. The molecule has 3 atom stereocenters. The number of ether oxygens (including phenoxy) is 1. The molecule has 2 bridgehead atoms. The van der Waals surface area contributed by atoms with Gasteiger partial charge >= 0.3 is 0 Å². The molecule has 0 saturated heterocycles. The van der Waals surface area contributed by atoms with Gasteiger partial charge in [-0.05, 0) is 50.2 Å². The van der Waals surface area contributed by atoms with Crippen molar-refractivity contribution in [3.63, 3.8) is 0 Å². The summed E-state index contributed by atoms with van der Waals surface area (Å²) in [6.45, 7) is 1.38. The Bertz CT molecular complexity index is 486. The Morgan fingerprint density at radius 2 is 1.89 bits per heavy atom. The van der Waals surface area contributed by atoms with E-state index in [0.29, 0.717) is 0 Å². The summed E-state index contributed by atoms with van der Waals surface area (Å²) < 4.78 is 20.0. The summed E-state index contributed by atoms with van der Waals surface area (Å²) in [4.78, 5) is 11.3. The summed E-state index contributed by atoms with van der Waals surface area (Å²) in [5.74, 6) is 0.976. The summed E-state index contributed by atoms with van der Waals surface area (Å²) in [6.07, 6.45) is 6.07. The number of carbonyl (C=O) groups is 1. The molecule has 0 radical (unpaired) electrons. The first kappa shape index (κ1) is 12.6. The van der Waals surface area contributed by atoms with Gasteiger partial charge in [0, 0.05) is 0 Å². The van der Waals surface area contributed by atoms with Crippen LogP contribution in [-0.4, -0.2) is 11.9 Å². The second-order valence-electron chi connectivity index (χ2n) is 5.93. The molecule has 2 aliphatic rings. The molecule has 0 heterocycles. The molecule has 0 amide bonds. The Balaban J connectivity index is 1.76. The van der Waals surface area contributed by atoms with Gasteiger partial charge < -0.3 is 4.74 Å². The monoisotopic (exact) mass is 262 g/mol. The van der Waals surface area contributed by atoms with Crippen LogP contribution in [0.25, 0.3) is 0 Å². The van der Waals surface area contributed by atoms with Gasteiger partial charge in [0.25, 0.3) is 0 Å². The van der Waals surface area contributed by atoms with Crippen LogP contribution in [0, 0.1) is 17.7 Å². The van der Waals surface area contributed by atoms with Crippen LogP contribution in [0.4, 0.5) is 4.39 Å². The van der Waals surface area contributed by atoms with Crippen LogP contribution < -0.4 is 4.74 Å². The molecule has 0 N–H and O–H groups in total. The van der Waals surface area contributed by atoms with Gasteiger partial charge in [0.1, 0.15) is 0 Å². The van der Waals surface area contributed by atoms with Gasteiger partial charge in [-0.3, -0.25) is 4.79 Å². The van der Waals surface area contributed by atoms with E-state index in [9.17, 15) is 9.18 Å². The average molecular weight is 262 g/mol. The lowest BCUT2D eigenvalue weighted by Crippen LogP contribution is -2.26. The summed E-state index contributed by atoms with van der Waals surface area (Å²) in [5.41, 5.74) is 0.122. The van der Waals surface area contributed by atoms with Gasteiger partial charge in [0.05, 0.1) is 11.7 Å². The summed E-state index contributed by atoms with van der Waals surface area (Å²) in [6, 6.07) is 4.82. The molecule has 102 valence electrons. The molecule has 0 unspecified atom stereocenters. The number of halogens is 1. The summed E-state index contributed by atoms with van der Waals surface area (Å²) in [5, 5.41) is 0. The van der Waals surface area contributed by atoms with Crippen molar-refractivity contribution in [3.05, 3.63) is 29.6 Å². The predicted molar refractivity (Wildman–Crippen MR) is 70.9 cm³/mol. The second-order valence-corrected chi connectivity index (χ2v) is 5.93. The van der Waals surface area contributed by atoms with E-state index < -0.39 is 5.82 Å². The largest absolute Gasteiger partial charge is 0.487 e. The summed E-state index contributed by atoms with van der Waals surface area (Å²) in [7, 11) is 0. The topological polar surface area (TPSA) is 26.3 Å². The molecular formula is C16H19FO2. The van der Waals surface area contributed by atoms with Crippen molar-refractivity contribution < 1.29 is 13.9 Å². The van der Waals surface area contributed by atoms with Crippen molar-refractivity contribution in [2.75, 3.05) is 0 Å². The first-order valence-corrected chi connectivity index (χ1v) is 7.09. The fraction of sp³-hybridized carbons (Fsp3) is 0.562. The maximum Gasteiger partial charge on any atom is 0.175 e. The number of ketones is 1. The standard InChI is InChI=1S/C16H19FO2/c1-10(18)14-3-2-4-15(16(14)17)19-13-8-11-5-6-12(7-11)9-13/h2-4,11-13H,5-9H2,1H3/t11-,12+,13-. The number of carbonyl (C=O) groups excluding carboxylic acids is 1. The van der Waals surface area contributed by atoms with E-state index in [1.165, 1.54) is 32.3 Å². The van der Waals surface area contributed by atoms with E-state index in [-0.39, 0.29) is 23.2 Å². The van der Waals surface area contributed by atoms with E-state index in [1.54, 1.807) is 12.1 Å². The molecule has 1 aromatic carbocycles. The van der Waals surface area contributed by atoms with E-state index in [4.69, 9.17) is 4.74 Å². The van der Waals surface area contributed by atoms with E-state index in [0.717, 1.165) is 24.7 Å². The first-order chi connectivity index (χ1) is 9.13. The van der Waals surface area contributed by atoms with Crippen LogP contribution >= 0.6 is 0 Å². The number of fused-ring (bicyclic) bond motifs is 2. The van der Waals surface area contributed by atoms with Crippen molar-refractivity contribution in [2.24, 2.45) is 11.8 Å². The Kier molecular flexibility index (Phi) is 3.29. The van der Waals surface area contributed by atoms with Crippen LogP contribution in [0.3, 0.4) is 0 Å². The fourth-order valence-corrected chi connectivity index (χ4v) is 3.60. The first-order valence-electron chi connectivity index (χ1n) is 7.09. The molecule has 2 nitrogen and oxygen atoms in total. The Labute approximate surface area is 113 Å². The van der Waals surface area contributed by atoms with Crippen molar-refractivity contribution in [1.29, 1.82) is 0 Å². The van der Waals surface area contributed by atoms with Crippen molar-refractivity contribution >= 4 is 5.78 Å². The zero-order valence-electron chi connectivity index (χ0n) is 11.2. The molecule has 19 heavy (non-hydrogen) atoms. The third-order valence-corrected chi connectivity index (χ3v) is 4.48. The molecule has 2 aliphatic carbocycles. The fourth-order valence-electron chi connectivity index (χ4n) is 3.60. The van der Waals surface area contributed by atoms with Gasteiger partial charge in [0.2, 0.25) is 0 Å². The normalized spacial score (nSPS) is 29.3. The Morgan fingerprint density at radius 3 is 2.53 bits per heavy atom. The number of rotatable bonds is 3. The quantitative estimate of drug-likeness (QED) is 0.770. The molecule has 3 heteroatoms. The maximum atomic E-state index is 14.1. The van der Waals surface area contributed by atoms with Gasteiger partial charge in [-0.25, -0.2) is 4.39 Å². The van der Waals surface area contributed by atoms with Gasteiger partial charge in [-0.15, -0.1) is 0 Å². The van der Waals surface area contributed by atoms with Crippen LogP contribution in [0.2, 0.25) is 0 Å². The van der Waals surface area contributed by atoms with Crippen LogP contribution in [0.15, 0.2) is 18.2 Å². The highest BCUT2D eigenvalue weighted by molar-refractivity contribution is 5.94. The van der Waals surface area contributed by atoms with Gasteiger partial charge in [-0.1, -0.05) is 18.9 Å². The predicted octanol–water partition coefficient (Wildman–Crippen LogP) is 3.99. The summed E-state index contributed by atoms with van der Waals surface area (Å²) >= 11 is 0. The molecule has 1 aromatic rings. The maximum absolute atomic E-state index is 14.1. The third-order valence-electron chi connectivity index (χ3n) is 4.48. The lowest BCUT2D eigenvalue weighted by Gasteiger charge is -2.28. The molecule has 0 aromatic heterocycles. The smallest absolute Gasteiger partial charge is 0.175 e. The van der Waals surface area contributed by atoms with Gasteiger partial charge in [-0.2, -0.15) is 0 Å². The number of Topliss-reactive ketones (excluding diaryl/α,β-unsaturated/α-hetero) is 1. The number of hydrogen-bond acceptors (Lipinski definition) is 2. The SMILES string of the molecule is CC(=O)c1cccc(O[C@@H]2C[C@@H]3CC[C@@H](C3)C2)c1F.